The van der Waals surface area contributed by atoms with Crippen LogP contribution in [0, 0.1) is 0 Å². The number of hydrogen-bond donors (Lipinski definition) is 0. The van der Waals surface area contributed by atoms with Gasteiger partial charge in [-0.05, 0) is 59.7 Å². The van der Waals surface area contributed by atoms with Crippen molar-refractivity contribution in [1.82, 2.24) is 9.80 Å². The third kappa shape index (κ3) is 5.89. The highest BCUT2D eigenvalue weighted by atomic mass is 16.5. The maximum atomic E-state index is 6.17. The Morgan fingerprint density at radius 2 is 0.812 bits per heavy atom. The van der Waals surface area contributed by atoms with Gasteiger partial charge in [0.2, 0.25) is 0 Å². The molecule has 0 aromatic heterocycles. The van der Waals surface area contributed by atoms with Crippen molar-refractivity contribution >= 4 is 11.4 Å². The van der Waals surface area contributed by atoms with E-state index in [0.29, 0.717) is 26.9 Å². The summed E-state index contributed by atoms with van der Waals surface area (Å²) in [6.07, 6.45) is 0. The summed E-state index contributed by atoms with van der Waals surface area (Å²) in [5, 5.41) is 0. The molecule has 48 heavy (non-hydrogen) atoms. The molecule has 0 radical (unpaired) electrons. The lowest BCUT2D eigenvalue weighted by Crippen LogP contribution is -2.34. The fourth-order valence-corrected chi connectivity index (χ4v) is 7.10. The van der Waals surface area contributed by atoms with Crippen molar-refractivity contribution in [2.75, 3.05) is 36.7 Å². The molecule has 0 unspecified atom stereocenters. The Bertz CT molecular complexity index is 1810. The van der Waals surface area contributed by atoms with Crippen molar-refractivity contribution in [3.05, 3.63) is 143 Å². The lowest BCUT2D eigenvalue weighted by molar-refractivity contribution is 0.0878. The smallest absolute Gasteiger partial charge is 0.161 e. The van der Waals surface area contributed by atoms with E-state index in [1.54, 1.807) is 0 Å². The first-order valence-electron chi connectivity index (χ1n) is 16.7. The van der Waals surface area contributed by atoms with Crippen LogP contribution in [0.3, 0.4) is 0 Å². The average molecular weight is 639 g/mol. The van der Waals surface area contributed by atoms with Crippen LogP contribution in [-0.4, -0.2) is 36.7 Å². The van der Waals surface area contributed by atoms with Crippen molar-refractivity contribution < 1.29 is 18.9 Å². The van der Waals surface area contributed by atoms with Gasteiger partial charge in [0.25, 0.3) is 0 Å². The van der Waals surface area contributed by atoms with Crippen molar-refractivity contribution in [2.45, 2.75) is 39.3 Å². The normalized spacial score (nSPS) is 17.1. The number of hydrogen-bond acceptors (Lipinski definition) is 8. The van der Waals surface area contributed by atoms with E-state index in [9.17, 15) is 0 Å². The van der Waals surface area contributed by atoms with E-state index in [4.69, 9.17) is 18.9 Å². The summed E-state index contributed by atoms with van der Waals surface area (Å²) in [4.78, 5) is 9.24. The second-order valence-electron chi connectivity index (χ2n) is 13.1. The summed E-state index contributed by atoms with van der Waals surface area (Å²) in [5.41, 5.74) is 9.71. The molecule has 0 saturated heterocycles. The Morgan fingerprint density at radius 3 is 1.29 bits per heavy atom. The Kier molecular flexibility index (Phi) is 7.52. The Morgan fingerprint density at radius 1 is 0.396 bits per heavy atom. The summed E-state index contributed by atoms with van der Waals surface area (Å²) in [6.45, 7) is 7.29. The van der Waals surface area contributed by atoms with Crippen LogP contribution < -0.4 is 28.7 Å². The molecule has 5 aromatic carbocycles. The zero-order valence-electron chi connectivity index (χ0n) is 26.9. The third-order valence-corrected chi connectivity index (χ3v) is 9.67. The van der Waals surface area contributed by atoms with Crippen LogP contribution in [0.1, 0.15) is 33.4 Å². The minimum Gasteiger partial charge on any atom is -0.478 e. The molecule has 0 fully saturated rings. The lowest BCUT2D eigenvalue weighted by Gasteiger charge is -2.33. The summed E-state index contributed by atoms with van der Waals surface area (Å²) in [6, 6.07) is 38.5. The van der Waals surface area contributed by atoms with Crippen LogP contribution in [0.25, 0.3) is 0 Å². The lowest BCUT2D eigenvalue weighted by atomic mass is 10.1. The number of rotatable bonds is 6. The Labute approximate surface area is 281 Å². The fraction of sp³-hybridized carbons (Fsp3) is 0.250. The Hall–Kier alpha value is -5.18. The fourth-order valence-electron chi connectivity index (χ4n) is 7.10. The largest absolute Gasteiger partial charge is 0.478 e. The van der Waals surface area contributed by atoms with Gasteiger partial charge in [-0.15, -0.1) is 0 Å². The summed E-state index contributed by atoms with van der Waals surface area (Å²) < 4.78 is 24.4. The molecule has 4 aliphatic heterocycles. The molecule has 0 bridgehead atoms. The van der Waals surface area contributed by atoms with E-state index >= 15 is 0 Å². The van der Waals surface area contributed by atoms with Crippen molar-refractivity contribution in [2.24, 2.45) is 0 Å². The third-order valence-electron chi connectivity index (χ3n) is 9.67. The van der Waals surface area contributed by atoms with Crippen LogP contribution in [0.15, 0.2) is 109 Å². The highest BCUT2D eigenvalue weighted by molar-refractivity contribution is 5.56. The summed E-state index contributed by atoms with van der Waals surface area (Å²) in [5.74, 6) is 3.89. The van der Waals surface area contributed by atoms with E-state index in [-0.39, 0.29) is 0 Å². The highest BCUT2D eigenvalue weighted by Gasteiger charge is 2.24. The average Bonchev–Trinajstić information content (AvgIpc) is 3.14. The van der Waals surface area contributed by atoms with Gasteiger partial charge in [-0.3, -0.25) is 9.80 Å². The van der Waals surface area contributed by atoms with Gasteiger partial charge >= 0.3 is 0 Å². The van der Waals surface area contributed by atoms with Gasteiger partial charge in [0.15, 0.2) is 13.5 Å². The molecule has 242 valence electrons. The molecule has 0 amide bonds. The number of fused-ring (bicyclic) bond motifs is 4. The van der Waals surface area contributed by atoms with E-state index in [1.807, 2.05) is 24.3 Å². The Balaban J connectivity index is 0.811. The minimum atomic E-state index is 0.549. The van der Waals surface area contributed by atoms with Crippen molar-refractivity contribution in [3.63, 3.8) is 0 Å². The molecule has 9 rings (SSSR count). The van der Waals surface area contributed by atoms with Crippen LogP contribution >= 0.6 is 0 Å². The SMILES string of the molecule is c1ccc2c(c1)CN(c1ccc3c(c1)CN(Cc1ccc(CN4COc5ccc(N6COc7ccccc7C6)cc5C4)cc1)CO3)CO2. The highest BCUT2D eigenvalue weighted by Crippen LogP contribution is 2.35. The topological polar surface area (TPSA) is 49.9 Å². The van der Waals surface area contributed by atoms with E-state index in [1.165, 1.54) is 33.4 Å². The van der Waals surface area contributed by atoms with E-state index < -0.39 is 0 Å². The minimum absolute atomic E-state index is 0.549. The predicted octanol–water partition coefficient (Wildman–Crippen LogP) is 7.10. The summed E-state index contributed by atoms with van der Waals surface area (Å²) >= 11 is 0. The number of ether oxygens (including phenoxy) is 4. The van der Waals surface area contributed by atoms with E-state index in [0.717, 1.165) is 73.6 Å². The number of anilines is 2. The molecular weight excluding hydrogens is 600 g/mol. The molecule has 8 nitrogen and oxygen atoms in total. The zero-order valence-corrected chi connectivity index (χ0v) is 26.9. The maximum Gasteiger partial charge on any atom is 0.161 e. The second kappa shape index (κ2) is 12.4. The van der Waals surface area contributed by atoms with E-state index in [2.05, 4.69) is 105 Å². The first-order valence-corrected chi connectivity index (χ1v) is 16.7. The molecule has 4 heterocycles. The first-order chi connectivity index (χ1) is 23.7. The predicted molar refractivity (Wildman–Crippen MR) is 185 cm³/mol. The molecule has 5 aromatic rings. The number of para-hydroxylation sites is 2. The second-order valence-corrected chi connectivity index (χ2v) is 13.1. The van der Waals surface area contributed by atoms with Crippen LogP contribution in [0.2, 0.25) is 0 Å². The maximum absolute atomic E-state index is 6.17. The van der Waals surface area contributed by atoms with Gasteiger partial charge in [0.1, 0.15) is 36.5 Å². The van der Waals surface area contributed by atoms with Gasteiger partial charge in [-0.2, -0.15) is 0 Å². The summed E-state index contributed by atoms with van der Waals surface area (Å²) in [7, 11) is 0. The van der Waals surface area contributed by atoms with Crippen molar-refractivity contribution in [3.8, 4) is 23.0 Å². The molecule has 0 spiro atoms. The van der Waals surface area contributed by atoms with Gasteiger partial charge in [0, 0.05) is 72.9 Å². The number of benzene rings is 5. The monoisotopic (exact) mass is 638 g/mol. The van der Waals surface area contributed by atoms with Gasteiger partial charge in [0.05, 0.1) is 0 Å². The van der Waals surface area contributed by atoms with Crippen LogP contribution in [0.4, 0.5) is 11.4 Å². The zero-order chi connectivity index (χ0) is 31.9. The molecular formula is C40H38N4O4. The molecule has 0 saturated carbocycles. The van der Waals surface area contributed by atoms with Gasteiger partial charge in [-0.25, -0.2) is 0 Å². The molecule has 8 heteroatoms. The quantitative estimate of drug-likeness (QED) is 0.195. The molecule has 0 aliphatic carbocycles. The van der Waals surface area contributed by atoms with Crippen LogP contribution in [0.5, 0.6) is 23.0 Å². The van der Waals surface area contributed by atoms with Gasteiger partial charge in [-0.1, -0.05) is 60.7 Å². The molecule has 0 atom stereocenters. The number of nitrogens with zero attached hydrogens (tertiary/aromatic N) is 4. The van der Waals surface area contributed by atoms with Crippen LogP contribution in [-0.2, 0) is 39.3 Å². The standard InChI is InChI=1S/C40H38N4O4/c1-3-7-37-31(5-1)23-43(27-47-37)35-13-15-39-33(17-35)21-41(25-45-39)19-29-9-11-30(12-10-29)20-42-22-34-18-36(14-16-40(34)46-26-42)44-24-32-6-2-4-8-38(32)48-28-44/h1-18H,19-28H2. The van der Waals surface area contributed by atoms with Crippen molar-refractivity contribution in [1.29, 1.82) is 0 Å². The van der Waals surface area contributed by atoms with Gasteiger partial charge < -0.3 is 28.7 Å². The first kappa shape index (κ1) is 29.0. The molecule has 0 N–H and O–H groups in total. The molecule has 4 aliphatic rings.